The van der Waals surface area contributed by atoms with E-state index in [1.807, 2.05) is 0 Å². The SMILES string of the molecule is CNc1cnccc1C(=O)NCC(N)=O. The van der Waals surface area contributed by atoms with Gasteiger partial charge in [-0.05, 0) is 6.07 Å². The molecule has 0 aliphatic heterocycles. The zero-order valence-electron chi connectivity index (χ0n) is 8.28. The van der Waals surface area contributed by atoms with Crippen LogP contribution in [0, 0.1) is 0 Å². The molecule has 2 amide bonds. The van der Waals surface area contributed by atoms with Crippen molar-refractivity contribution in [3.05, 3.63) is 24.0 Å². The Labute approximate surface area is 86.9 Å². The van der Waals surface area contributed by atoms with Crippen LogP contribution in [0.4, 0.5) is 5.69 Å². The predicted octanol–water partition coefficient (Wildman–Crippen LogP) is -0.662. The summed E-state index contributed by atoms with van der Waals surface area (Å²) in [5.41, 5.74) is 5.93. The number of nitrogens with zero attached hydrogens (tertiary/aromatic N) is 1. The van der Waals surface area contributed by atoms with Crippen molar-refractivity contribution >= 4 is 17.5 Å². The Morgan fingerprint density at radius 3 is 2.87 bits per heavy atom. The highest BCUT2D eigenvalue weighted by atomic mass is 16.2. The molecule has 15 heavy (non-hydrogen) atoms. The van der Waals surface area contributed by atoms with Gasteiger partial charge in [-0.3, -0.25) is 14.6 Å². The minimum atomic E-state index is -0.580. The van der Waals surface area contributed by atoms with Crippen LogP contribution in [0.3, 0.4) is 0 Å². The second-order valence-electron chi connectivity index (χ2n) is 2.82. The van der Waals surface area contributed by atoms with Gasteiger partial charge >= 0.3 is 0 Å². The lowest BCUT2D eigenvalue weighted by Gasteiger charge is -2.07. The molecule has 1 aromatic heterocycles. The Bertz CT molecular complexity index is 378. The first-order valence-corrected chi connectivity index (χ1v) is 4.33. The van der Waals surface area contributed by atoms with Crippen molar-refractivity contribution in [3.63, 3.8) is 0 Å². The van der Waals surface area contributed by atoms with E-state index in [4.69, 9.17) is 5.73 Å². The number of anilines is 1. The van der Waals surface area contributed by atoms with E-state index in [1.165, 1.54) is 12.4 Å². The molecule has 0 atom stereocenters. The Kier molecular flexibility index (Phi) is 3.61. The van der Waals surface area contributed by atoms with E-state index in [2.05, 4.69) is 15.6 Å². The van der Waals surface area contributed by atoms with Crippen LogP contribution in [-0.4, -0.2) is 30.4 Å². The van der Waals surface area contributed by atoms with Crippen LogP contribution in [0.1, 0.15) is 10.4 Å². The van der Waals surface area contributed by atoms with E-state index in [0.29, 0.717) is 11.3 Å². The van der Waals surface area contributed by atoms with Crippen molar-refractivity contribution in [2.75, 3.05) is 18.9 Å². The molecule has 0 bridgehead atoms. The summed E-state index contributed by atoms with van der Waals surface area (Å²) < 4.78 is 0. The molecule has 0 aromatic carbocycles. The van der Waals surface area contributed by atoms with Crippen LogP contribution >= 0.6 is 0 Å². The fourth-order valence-corrected chi connectivity index (χ4v) is 1.05. The molecule has 0 aliphatic carbocycles. The maximum Gasteiger partial charge on any atom is 0.253 e. The van der Waals surface area contributed by atoms with E-state index < -0.39 is 5.91 Å². The molecule has 0 saturated heterocycles. The van der Waals surface area contributed by atoms with Crippen molar-refractivity contribution in [1.29, 1.82) is 0 Å². The highest BCUT2D eigenvalue weighted by molar-refractivity contribution is 6.00. The highest BCUT2D eigenvalue weighted by Gasteiger charge is 2.10. The third-order valence-corrected chi connectivity index (χ3v) is 1.76. The molecule has 1 heterocycles. The summed E-state index contributed by atoms with van der Waals surface area (Å²) in [7, 11) is 1.68. The lowest BCUT2D eigenvalue weighted by atomic mass is 10.2. The van der Waals surface area contributed by atoms with Crippen molar-refractivity contribution in [1.82, 2.24) is 10.3 Å². The fourth-order valence-electron chi connectivity index (χ4n) is 1.05. The third-order valence-electron chi connectivity index (χ3n) is 1.76. The zero-order valence-corrected chi connectivity index (χ0v) is 8.28. The smallest absolute Gasteiger partial charge is 0.253 e. The van der Waals surface area contributed by atoms with Gasteiger partial charge in [-0.2, -0.15) is 0 Å². The van der Waals surface area contributed by atoms with Crippen molar-refractivity contribution < 1.29 is 9.59 Å². The predicted molar refractivity (Wildman–Crippen MR) is 55.3 cm³/mol. The molecule has 4 N–H and O–H groups in total. The largest absolute Gasteiger partial charge is 0.386 e. The monoisotopic (exact) mass is 208 g/mol. The fraction of sp³-hybridized carbons (Fsp3) is 0.222. The first kappa shape index (κ1) is 11.0. The average Bonchev–Trinajstić information content (AvgIpc) is 2.25. The molecule has 0 saturated carbocycles. The molecule has 1 rings (SSSR count). The normalized spacial score (nSPS) is 9.40. The van der Waals surface area contributed by atoms with Crippen LogP contribution < -0.4 is 16.4 Å². The molecule has 6 heteroatoms. The maximum atomic E-state index is 11.5. The molecule has 0 aliphatic rings. The number of amides is 2. The first-order valence-electron chi connectivity index (χ1n) is 4.33. The number of carbonyl (C=O) groups is 2. The number of primary amides is 1. The van der Waals surface area contributed by atoms with Gasteiger partial charge < -0.3 is 16.4 Å². The molecule has 1 aromatic rings. The van der Waals surface area contributed by atoms with Crippen molar-refractivity contribution in [3.8, 4) is 0 Å². The van der Waals surface area contributed by atoms with Gasteiger partial charge in [0.15, 0.2) is 0 Å². The van der Waals surface area contributed by atoms with Gasteiger partial charge in [-0.1, -0.05) is 0 Å². The number of pyridine rings is 1. The minimum Gasteiger partial charge on any atom is -0.386 e. The van der Waals surface area contributed by atoms with Crippen LogP contribution in [0.15, 0.2) is 18.5 Å². The molecule has 0 spiro atoms. The van der Waals surface area contributed by atoms with E-state index in [9.17, 15) is 9.59 Å². The number of nitrogens with two attached hydrogens (primary N) is 1. The summed E-state index contributed by atoms with van der Waals surface area (Å²) in [6.45, 7) is -0.176. The number of aromatic nitrogens is 1. The lowest BCUT2D eigenvalue weighted by molar-refractivity contribution is -0.117. The van der Waals surface area contributed by atoms with Gasteiger partial charge in [0.2, 0.25) is 5.91 Å². The zero-order chi connectivity index (χ0) is 11.3. The Morgan fingerprint density at radius 1 is 1.53 bits per heavy atom. The minimum absolute atomic E-state index is 0.176. The number of hydrogen-bond donors (Lipinski definition) is 3. The van der Waals surface area contributed by atoms with Crippen molar-refractivity contribution in [2.24, 2.45) is 5.73 Å². The number of nitrogens with one attached hydrogen (secondary N) is 2. The highest BCUT2D eigenvalue weighted by Crippen LogP contribution is 2.11. The second kappa shape index (κ2) is 4.94. The maximum absolute atomic E-state index is 11.5. The number of rotatable bonds is 4. The average molecular weight is 208 g/mol. The standard InChI is InChI=1S/C9H12N4O2/c1-11-7-4-12-3-2-6(7)9(15)13-5-8(10)14/h2-4,11H,5H2,1H3,(H2,10,14)(H,13,15). The van der Waals surface area contributed by atoms with Crippen molar-refractivity contribution in [2.45, 2.75) is 0 Å². The van der Waals surface area contributed by atoms with Crippen LogP contribution in [0.5, 0.6) is 0 Å². The van der Waals surface area contributed by atoms with Crippen LogP contribution in [-0.2, 0) is 4.79 Å². The molecule has 0 radical (unpaired) electrons. The molecular weight excluding hydrogens is 196 g/mol. The Hall–Kier alpha value is -2.11. The van der Waals surface area contributed by atoms with E-state index in [0.717, 1.165) is 0 Å². The summed E-state index contributed by atoms with van der Waals surface area (Å²) >= 11 is 0. The summed E-state index contributed by atoms with van der Waals surface area (Å²) in [4.78, 5) is 25.9. The summed E-state index contributed by atoms with van der Waals surface area (Å²) in [5.74, 6) is -0.941. The Balaban J connectivity index is 2.77. The van der Waals surface area contributed by atoms with Gasteiger partial charge in [0.1, 0.15) is 0 Å². The topological polar surface area (TPSA) is 97.1 Å². The van der Waals surface area contributed by atoms with Gasteiger partial charge in [0, 0.05) is 13.2 Å². The molecule has 0 unspecified atom stereocenters. The summed E-state index contributed by atoms with van der Waals surface area (Å²) in [6.07, 6.45) is 3.03. The van der Waals surface area contributed by atoms with Crippen LogP contribution in [0.2, 0.25) is 0 Å². The van der Waals surface area contributed by atoms with E-state index >= 15 is 0 Å². The third kappa shape index (κ3) is 2.94. The van der Waals surface area contributed by atoms with Gasteiger partial charge in [0.05, 0.1) is 24.0 Å². The second-order valence-corrected chi connectivity index (χ2v) is 2.82. The van der Waals surface area contributed by atoms with Crippen LogP contribution in [0.25, 0.3) is 0 Å². The summed E-state index contributed by atoms with van der Waals surface area (Å²) in [6, 6.07) is 1.56. The van der Waals surface area contributed by atoms with Gasteiger partial charge in [-0.15, -0.1) is 0 Å². The van der Waals surface area contributed by atoms with Gasteiger partial charge in [0.25, 0.3) is 5.91 Å². The Morgan fingerprint density at radius 2 is 2.27 bits per heavy atom. The molecule has 6 nitrogen and oxygen atoms in total. The molecular formula is C9H12N4O2. The number of hydrogen-bond acceptors (Lipinski definition) is 4. The van der Waals surface area contributed by atoms with E-state index in [-0.39, 0.29) is 12.5 Å². The van der Waals surface area contributed by atoms with E-state index in [1.54, 1.807) is 13.1 Å². The first-order chi connectivity index (χ1) is 7.15. The summed E-state index contributed by atoms with van der Waals surface area (Å²) in [5, 5.41) is 5.22. The lowest BCUT2D eigenvalue weighted by Crippen LogP contribution is -2.33. The molecule has 0 fully saturated rings. The number of carbonyl (C=O) groups excluding carboxylic acids is 2. The molecule has 80 valence electrons. The van der Waals surface area contributed by atoms with Gasteiger partial charge in [-0.25, -0.2) is 0 Å². The quantitative estimate of drug-likeness (QED) is 0.611.